The van der Waals surface area contributed by atoms with E-state index >= 15 is 0 Å². The van der Waals surface area contributed by atoms with Gasteiger partial charge in [0.1, 0.15) is 11.8 Å². The summed E-state index contributed by atoms with van der Waals surface area (Å²) in [5.41, 5.74) is 0.475. The van der Waals surface area contributed by atoms with Crippen molar-refractivity contribution in [1.82, 2.24) is 10.6 Å². The van der Waals surface area contributed by atoms with Gasteiger partial charge in [-0.15, -0.1) is 0 Å². The number of carbonyl (C=O) groups is 2. The molecule has 2 amide bonds. The molecule has 1 unspecified atom stereocenters. The molecule has 108 valence electrons. The zero-order valence-electron chi connectivity index (χ0n) is 11.6. The van der Waals surface area contributed by atoms with E-state index in [0.29, 0.717) is 30.9 Å². The van der Waals surface area contributed by atoms with Crippen LogP contribution in [0.4, 0.5) is 0 Å². The van der Waals surface area contributed by atoms with Gasteiger partial charge in [-0.25, -0.2) is 0 Å². The summed E-state index contributed by atoms with van der Waals surface area (Å²) >= 11 is 0. The molecule has 0 bridgehead atoms. The van der Waals surface area contributed by atoms with E-state index in [1.54, 1.807) is 18.2 Å². The number of rotatable bonds is 6. The Morgan fingerprint density at radius 1 is 1.45 bits per heavy atom. The number of unbranched alkanes of at least 4 members (excludes halogenated alkanes) is 1. The van der Waals surface area contributed by atoms with E-state index in [1.807, 2.05) is 6.07 Å². The molecule has 1 atom stereocenters. The molecule has 1 heterocycles. The second-order valence-corrected chi connectivity index (χ2v) is 4.80. The number of benzene rings is 1. The lowest BCUT2D eigenvalue weighted by atomic mass is 10.1. The van der Waals surface area contributed by atoms with Gasteiger partial charge in [0.05, 0.1) is 12.2 Å². The normalized spacial score (nSPS) is 17.6. The van der Waals surface area contributed by atoms with Crippen molar-refractivity contribution >= 4 is 11.8 Å². The van der Waals surface area contributed by atoms with Gasteiger partial charge in [0.2, 0.25) is 5.91 Å². The molecule has 1 fully saturated rings. The van der Waals surface area contributed by atoms with E-state index in [9.17, 15) is 9.59 Å². The van der Waals surface area contributed by atoms with Gasteiger partial charge in [0, 0.05) is 6.54 Å². The van der Waals surface area contributed by atoms with Crippen LogP contribution in [0.15, 0.2) is 24.3 Å². The van der Waals surface area contributed by atoms with Gasteiger partial charge in [-0.3, -0.25) is 9.59 Å². The van der Waals surface area contributed by atoms with Crippen LogP contribution in [0.5, 0.6) is 5.75 Å². The molecule has 1 aromatic rings. The first-order valence-corrected chi connectivity index (χ1v) is 7.02. The van der Waals surface area contributed by atoms with Gasteiger partial charge in [0.15, 0.2) is 0 Å². The summed E-state index contributed by atoms with van der Waals surface area (Å²) in [5, 5.41) is 5.44. The molecule has 0 spiro atoms. The minimum absolute atomic E-state index is 0.122. The van der Waals surface area contributed by atoms with Crippen LogP contribution in [0.1, 0.15) is 36.5 Å². The average Bonchev–Trinajstić information content (AvgIpc) is 2.85. The fourth-order valence-electron chi connectivity index (χ4n) is 2.07. The van der Waals surface area contributed by atoms with E-state index < -0.39 is 6.04 Å². The summed E-state index contributed by atoms with van der Waals surface area (Å²) in [4.78, 5) is 23.7. The second kappa shape index (κ2) is 6.93. The van der Waals surface area contributed by atoms with Crippen molar-refractivity contribution in [3.05, 3.63) is 29.8 Å². The third kappa shape index (κ3) is 3.50. The number of para-hydroxylation sites is 1. The smallest absolute Gasteiger partial charge is 0.255 e. The number of nitrogens with one attached hydrogen (secondary N) is 2. The maximum absolute atomic E-state index is 12.2. The summed E-state index contributed by atoms with van der Waals surface area (Å²) < 4.78 is 5.63. The third-order valence-electron chi connectivity index (χ3n) is 3.24. The molecule has 0 aliphatic carbocycles. The van der Waals surface area contributed by atoms with Gasteiger partial charge in [0.25, 0.3) is 5.91 Å². The largest absolute Gasteiger partial charge is 0.493 e. The highest BCUT2D eigenvalue weighted by Crippen LogP contribution is 2.18. The van der Waals surface area contributed by atoms with Crippen LogP contribution in [-0.4, -0.2) is 31.0 Å². The molecule has 1 saturated heterocycles. The molecule has 2 rings (SSSR count). The quantitative estimate of drug-likeness (QED) is 0.773. The predicted molar refractivity (Wildman–Crippen MR) is 75.7 cm³/mol. The summed E-state index contributed by atoms with van der Waals surface area (Å²) in [6.45, 7) is 3.28. The molecule has 2 N–H and O–H groups in total. The molecule has 1 aliphatic heterocycles. The molecule has 5 heteroatoms. The Labute approximate surface area is 118 Å². The van der Waals surface area contributed by atoms with Gasteiger partial charge < -0.3 is 15.4 Å². The number of carbonyl (C=O) groups excluding carboxylic acids is 2. The van der Waals surface area contributed by atoms with Crippen molar-refractivity contribution in [2.24, 2.45) is 0 Å². The molecule has 0 saturated carbocycles. The minimum atomic E-state index is -0.439. The number of hydrogen-bond donors (Lipinski definition) is 2. The topological polar surface area (TPSA) is 67.4 Å². The minimum Gasteiger partial charge on any atom is -0.493 e. The van der Waals surface area contributed by atoms with Crippen LogP contribution in [-0.2, 0) is 4.79 Å². The number of ether oxygens (including phenoxy) is 1. The maximum Gasteiger partial charge on any atom is 0.255 e. The lowest BCUT2D eigenvalue weighted by molar-refractivity contribution is -0.120. The Morgan fingerprint density at radius 2 is 2.25 bits per heavy atom. The summed E-state index contributed by atoms with van der Waals surface area (Å²) in [6.07, 6.45) is 2.61. The Morgan fingerprint density at radius 3 is 2.95 bits per heavy atom. The monoisotopic (exact) mass is 276 g/mol. The zero-order valence-corrected chi connectivity index (χ0v) is 11.6. The summed E-state index contributed by atoms with van der Waals surface area (Å²) in [6, 6.07) is 6.67. The van der Waals surface area contributed by atoms with Crippen LogP contribution >= 0.6 is 0 Å². The van der Waals surface area contributed by atoms with Gasteiger partial charge >= 0.3 is 0 Å². The van der Waals surface area contributed by atoms with Gasteiger partial charge in [-0.2, -0.15) is 0 Å². The Kier molecular flexibility index (Phi) is 4.98. The first-order chi connectivity index (χ1) is 9.72. The average molecular weight is 276 g/mol. The number of hydrogen-bond acceptors (Lipinski definition) is 3. The van der Waals surface area contributed by atoms with E-state index in [2.05, 4.69) is 17.6 Å². The van der Waals surface area contributed by atoms with E-state index in [-0.39, 0.29) is 11.8 Å². The van der Waals surface area contributed by atoms with Gasteiger partial charge in [-0.05, 0) is 25.0 Å². The Hall–Kier alpha value is -2.04. The standard InChI is InChI=1S/C15H20N2O3/c1-2-3-10-20-13-7-5-4-6-11(13)14(18)17-12-8-9-16-15(12)19/h4-7,12H,2-3,8-10H2,1H3,(H,16,19)(H,17,18). The van der Waals surface area contributed by atoms with Crippen LogP contribution in [0.3, 0.4) is 0 Å². The van der Waals surface area contributed by atoms with Crippen molar-refractivity contribution < 1.29 is 14.3 Å². The van der Waals surface area contributed by atoms with Crippen molar-refractivity contribution in [2.75, 3.05) is 13.2 Å². The lowest BCUT2D eigenvalue weighted by Crippen LogP contribution is -2.40. The molecule has 1 aliphatic rings. The lowest BCUT2D eigenvalue weighted by Gasteiger charge is -2.13. The highest BCUT2D eigenvalue weighted by Gasteiger charge is 2.26. The molecule has 1 aromatic carbocycles. The highest BCUT2D eigenvalue weighted by molar-refractivity contribution is 6.00. The molecular formula is C15H20N2O3. The maximum atomic E-state index is 12.2. The van der Waals surface area contributed by atoms with Crippen molar-refractivity contribution in [3.8, 4) is 5.75 Å². The molecule has 0 radical (unpaired) electrons. The fraction of sp³-hybridized carbons (Fsp3) is 0.467. The predicted octanol–water partition coefficient (Wildman–Crippen LogP) is 1.48. The van der Waals surface area contributed by atoms with Crippen molar-refractivity contribution in [3.63, 3.8) is 0 Å². The Bertz CT molecular complexity index is 488. The van der Waals surface area contributed by atoms with Crippen LogP contribution in [0.25, 0.3) is 0 Å². The Balaban J connectivity index is 2.03. The zero-order chi connectivity index (χ0) is 14.4. The molecular weight excluding hydrogens is 256 g/mol. The third-order valence-corrected chi connectivity index (χ3v) is 3.24. The van der Waals surface area contributed by atoms with Crippen LogP contribution in [0.2, 0.25) is 0 Å². The molecule has 0 aromatic heterocycles. The van der Waals surface area contributed by atoms with Gasteiger partial charge in [-0.1, -0.05) is 25.5 Å². The first-order valence-electron chi connectivity index (χ1n) is 7.02. The van der Waals surface area contributed by atoms with Crippen molar-refractivity contribution in [1.29, 1.82) is 0 Å². The van der Waals surface area contributed by atoms with E-state index in [1.165, 1.54) is 0 Å². The molecule has 20 heavy (non-hydrogen) atoms. The van der Waals surface area contributed by atoms with Crippen LogP contribution < -0.4 is 15.4 Å². The van der Waals surface area contributed by atoms with Crippen molar-refractivity contribution in [2.45, 2.75) is 32.2 Å². The number of amides is 2. The summed E-state index contributed by atoms with van der Waals surface area (Å²) in [5.74, 6) is 0.179. The highest BCUT2D eigenvalue weighted by atomic mass is 16.5. The summed E-state index contributed by atoms with van der Waals surface area (Å²) in [7, 11) is 0. The second-order valence-electron chi connectivity index (χ2n) is 4.80. The molecule has 5 nitrogen and oxygen atoms in total. The van der Waals surface area contributed by atoms with E-state index in [0.717, 1.165) is 12.8 Å². The van der Waals surface area contributed by atoms with Crippen LogP contribution in [0, 0.1) is 0 Å². The SMILES string of the molecule is CCCCOc1ccccc1C(=O)NC1CCNC1=O. The fourth-order valence-corrected chi connectivity index (χ4v) is 2.07. The first kappa shape index (κ1) is 14.4. The van der Waals surface area contributed by atoms with E-state index in [4.69, 9.17) is 4.74 Å².